The number of carbonyl (C=O) groups is 2. The number of esters is 1. The molecule has 0 aliphatic carbocycles. The topological polar surface area (TPSA) is 64.2 Å². The van der Waals surface area contributed by atoms with Crippen molar-refractivity contribution in [2.24, 2.45) is 0 Å². The smallest absolute Gasteiger partial charge is 0.364 e. The number of nitrogens with zero attached hydrogens (tertiary/aromatic N) is 1. The Labute approximate surface area is 179 Å². The Bertz CT molecular complexity index is 788. The molecule has 0 aliphatic heterocycles. The minimum Gasteiger partial charge on any atom is -0.464 e. The molecule has 1 aromatic heterocycles. The second kappa shape index (κ2) is 12.2. The number of benzene rings is 1. The number of furan rings is 1. The summed E-state index contributed by atoms with van der Waals surface area (Å²) < 4.78 is 10.9. The SMILES string of the molecule is CCC[NH+](CC(=O)N(CCc1ccccc1)Cc1ccc(C)o1)[C@H](C)C(=O)OCC. The zero-order valence-electron chi connectivity index (χ0n) is 18.6. The lowest BCUT2D eigenvalue weighted by molar-refractivity contribution is -0.907. The molecule has 0 spiro atoms. The molecule has 0 aliphatic rings. The Hall–Kier alpha value is -2.60. The van der Waals surface area contributed by atoms with Gasteiger partial charge in [-0.05, 0) is 51.3 Å². The van der Waals surface area contributed by atoms with Crippen LogP contribution < -0.4 is 4.90 Å². The fraction of sp³-hybridized carbons (Fsp3) is 0.500. The maximum Gasteiger partial charge on any atom is 0.364 e. The van der Waals surface area contributed by atoms with E-state index in [9.17, 15) is 9.59 Å². The Balaban J connectivity index is 2.11. The molecule has 1 amide bonds. The maximum absolute atomic E-state index is 13.3. The second-order valence-electron chi connectivity index (χ2n) is 7.62. The number of quaternary nitrogens is 1. The van der Waals surface area contributed by atoms with E-state index >= 15 is 0 Å². The number of nitrogens with one attached hydrogen (secondary N) is 1. The van der Waals surface area contributed by atoms with E-state index in [1.807, 2.05) is 49.1 Å². The standard InChI is InChI=1S/C24H34N2O4/c1-5-15-25(20(4)24(28)29-6-2)18-23(27)26(17-22-13-12-19(3)30-22)16-14-21-10-8-7-9-11-21/h7-13,20H,5-6,14-18H2,1-4H3/p+1/t20-/m1/s1. The predicted octanol–water partition coefficient (Wildman–Crippen LogP) is 2.41. The van der Waals surface area contributed by atoms with Gasteiger partial charge in [0.15, 0.2) is 12.6 Å². The van der Waals surface area contributed by atoms with Crippen molar-refractivity contribution in [1.29, 1.82) is 0 Å². The van der Waals surface area contributed by atoms with E-state index in [1.165, 1.54) is 5.56 Å². The van der Waals surface area contributed by atoms with Crippen molar-refractivity contribution >= 4 is 11.9 Å². The zero-order chi connectivity index (χ0) is 21.9. The normalized spacial score (nSPS) is 12.9. The van der Waals surface area contributed by atoms with Crippen molar-refractivity contribution in [2.45, 2.75) is 53.1 Å². The van der Waals surface area contributed by atoms with E-state index in [4.69, 9.17) is 9.15 Å². The van der Waals surface area contributed by atoms with Crippen LogP contribution in [0.3, 0.4) is 0 Å². The van der Waals surface area contributed by atoms with Crippen molar-refractivity contribution < 1.29 is 23.6 Å². The molecule has 30 heavy (non-hydrogen) atoms. The van der Waals surface area contributed by atoms with E-state index in [2.05, 4.69) is 19.1 Å². The quantitative estimate of drug-likeness (QED) is 0.541. The summed E-state index contributed by atoms with van der Waals surface area (Å²) in [6.07, 6.45) is 1.65. The summed E-state index contributed by atoms with van der Waals surface area (Å²) in [6.45, 7) is 9.93. The molecule has 1 aromatic carbocycles. The molecule has 2 atom stereocenters. The number of amides is 1. The largest absolute Gasteiger partial charge is 0.464 e. The molecule has 0 fully saturated rings. The third-order valence-electron chi connectivity index (χ3n) is 5.21. The van der Waals surface area contributed by atoms with Crippen LogP contribution in [0.15, 0.2) is 46.9 Å². The molecule has 6 nitrogen and oxygen atoms in total. The first-order valence-electron chi connectivity index (χ1n) is 10.8. The minimum absolute atomic E-state index is 0.0135. The third-order valence-corrected chi connectivity index (χ3v) is 5.21. The zero-order valence-corrected chi connectivity index (χ0v) is 18.6. The van der Waals surface area contributed by atoms with Crippen LogP contribution in [-0.4, -0.2) is 49.1 Å². The lowest BCUT2D eigenvalue weighted by Crippen LogP contribution is -3.17. The number of carbonyl (C=O) groups excluding carboxylic acids is 2. The number of aryl methyl sites for hydroxylation is 1. The third kappa shape index (κ3) is 7.34. The highest BCUT2D eigenvalue weighted by atomic mass is 16.5. The van der Waals surface area contributed by atoms with Crippen LogP contribution in [0.25, 0.3) is 0 Å². The van der Waals surface area contributed by atoms with E-state index < -0.39 is 0 Å². The van der Waals surface area contributed by atoms with Crippen LogP contribution in [0.4, 0.5) is 0 Å². The molecule has 6 heteroatoms. The van der Waals surface area contributed by atoms with Crippen molar-refractivity contribution in [3.63, 3.8) is 0 Å². The van der Waals surface area contributed by atoms with Gasteiger partial charge in [-0.1, -0.05) is 37.3 Å². The molecule has 0 saturated heterocycles. The van der Waals surface area contributed by atoms with Gasteiger partial charge in [0.25, 0.3) is 5.91 Å². The maximum atomic E-state index is 13.3. The molecule has 1 N–H and O–H groups in total. The lowest BCUT2D eigenvalue weighted by atomic mass is 10.1. The summed E-state index contributed by atoms with van der Waals surface area (Å²) in [5, 5.41) is 0. The molecule has 1 unspecified atom stereocenters. The van der Waals surface area contributed by atoms with Crippen LogP contribution in [0.5, 0.6) is 0 Å². The fourth-order valence-electron chi connectivity index (χ4n) is 3.48. The van der Waals surface area contributed by atoms with Gasteiger partial charge in [0.1, 0.15) is 11.5 Å². The summed E-state index contributed by atoms with van der Waals surface area (Å²) >= 11 is 0. The van der Waals surface area contributed by atoms with Crippen LogP contribution >= 0.6 is 0 Å². The Morgan fingerprint density at radius 2 is 1.87 bits per heavy atom. The van der Waals surface area contributed by atoms with Crippen LogP contribution in [-0.2, 0) is 27.3 Å². The highest BCUT2D eigenvalue weighted by Gasteiger charge is 2.29. The molecule has 2 aromatic rings. The first-order valence-corrected chi connectivity index (χ1v) is 10.8. The predicted molar refractivity (Wildman–Crippen MR) is 116 cm³/mol. The molecule has 164 valence electrons. The molecule has 2 rings (SSSR count). The van der Waals surface area contributed by atoms with Crippen molar-refractivity contribution in [2.75, 3.05) is 26.2 Å². The summed E-state index contributed by atoms with van der Waals surface area (Å²) in [6, 6.07) is 13.6. The summed E-state index contributed by atoms with van der Waals surface area (Å²) in [5.74, 6) is 1.35. The van der Waals surface area contributed by atoms with Crippen LogP contribution in [0, 0.1) is 6.92 Å². The molecule has 0 radical (unpaired) electrons. The fourth-order valence-corrected chi connectivity index (χ4v) is 3.48. The number of hydrogen-bond acceptors (Lipinski definition) is 4. The Kier molecular flexibility index (Phi) is 9.61. The van der Waals surface area contributed by atoms with E-state index in [1.54, 1.807) is 6.92 Å². The van der Waals surface area contributed by atoms with Crippen molar-refractivity contribution in [3.8, 4) is 0 Å². The Morgan fingerprint density at radius 1 is 1.13 bits per heavy atom. The number of rotatable bonds is 12. The molecule has 0 bridgehead atoms. The molecular formula is C24H35N2O4+. The lowest BCUT2D eigenvalue weighted by Gasteiger charge is -2.27. The van der Waals surface area contributed by atoms with Crippen molar-refractivity contribution in [3.05, 3.63) is 59.5 Å². The van der Waals surface area contributed by atoms with Crippen LogP contribution in [0.2, 0.25) is 0 Å². The van der Waals surface area contributed by atoms with Gasteiger partial charge in [-0.3, -0.25) is 4.79 Å². The van der Waals surface area contributed by atoms with Gasteiger partial charge in [-0.25, -0.2) is 4.79 Å². The highest BCUT2D eigenvalue weighted by molar-refractivity contribution is 5.78. The average Bonchev–Trinajstić information content (AvgIpc) is 3.15. The highest BCUT2D eigenvalue weighted by Crippen LogP contribution is 2.11. The summed E-state index contributed by atoms with van der Waals surface area (Å²) in [5.41, 5.74) is 1.18. The average molecular weight is 416 g/mol. The minimum atomic E-state index is -0.379. The van der Waals surface area contributed by atoms with Gasteiger partial charge in [0, 0.05) is 6.54 Å². The summed E-state index contributed by atoms with van der Waals surface area (Å²) in [4.78, 5) is 28.3. The van der Waals surface area contributed by atoms with Gasteiger partial charge >= 0.3 is 5.97 Å². The first-order chi connectivity index (χ1) is 14.4. The van der Waals surface area contributed by atoms with Crippen LogP contribution in [0.1, 0.15) is 44.3 Å². The van der Waals surface area contributed by atoms with Gasteiger partial charge in [-0.2, -0.15) is 0 Å². The molecular weight excluding hydrogens is 380 g/mol. The monoisotopic (exact) mass is 415 g/mol. The Morgan fingerprint density at radius 3 is 2.47 bits per heavy atom. The van der Waals surface area contributed by atoms with Gasteiger partial charge in [0.05, 0.1) is 19.7 Å². The second-order valence-corrected chi connectivity index (χ2v) is 7.62. The summed E-state index contributed by atoms with van der Waals surface area (Å²) in [7, 11) is 0. The first kappa shape index (κ1) is 23.7. The van der Waals surface area contributed by atoms with E-state index in [0.717, 1.165) is 35.8 Å². The molecule has 0 saturated carbocycles. The van der Waals surface area contributed by atoms with E-state index in [0.29, 0.717) is 19.7 Å². The number of hydrogen-bond donors (Lipinski definition) is 1. The van der Waals surface area contributed by atoms with Gasteiger partial charge in [0.2, 0.25) is 0 Å². The van der Waals surface area contributed by atoms with Crippen molar-refractivity contribution in [1.82, 2.24) is 4.90 Å². The van der Waals surface area contributed by atoms with E-state index in [-0.39, 0.29) is 24.5 Å². The number of ether oxygens (including phenoxy) is 1. The van der Waals surface area contributed by atoms with Gasteiger partial charge in [-0.15, -0.1) is 0 Å². The molecule has 1 heterocycles. The van der Waals surface area contributed by atoms with Gasteiger partial charge < -0.3 is 19.0 Å².